The minimum Gasteiger partial charge on any atom is -0.465 e. The third-order valence-electron chi connectivity index (χ3n) is 4.35. The maximum Gasteiger partial charge on any atom is 0.337 e. The molecule has 0 atom stereocenters. The van der Waals surface area contributed by atoms with Crippen LogP contribution in [0.1, 0.15) is 41.6 Å². The second-order valence-corrected chi connectivity index (χ2v) is 5.48. The molecule has 1 amide bonds. The third kappa shape index (κ3) is 1.91. The van der Waals surface area contributed by atoms with Crippen LogP contribution in [0.3, 0.4) is 0 Å². The molecule has 2 aliphatic rings. The summed E-state index contributed by atoms with van der Waals surface area (Å²) in [5.41, 5.74) is 2.14. The van der Waals surface area contributed by atoms with Crippen molar-refractivity contribution in [1.82, 2.24) is 0 Å². The molecule has 1 aliphatic heterocycles. The number of nitrogens with one attached hydrogen (secondary N) is 1. The Hall–Kier alpha value is -1.84. The zero-order valence-electron chi connectivity index (χ0n) is 11.0. The summed E-state index contributed by atoms with van der Waals surface area (Å²) in [7, 11) is 1.36. The number of esters is 1. The van der Waals surface area contributed by atoms with Gasteiger partial charge in [0.05, 0.1) is 18.1 Å². The van der Waals surface area contributed by atoms with Gasteiger partial charge in [-0.05, 0) is 37.0 Å². The molecule has 19 heavy (non-hydrogen) atoms. The van der Waals surface area contributed by atoms with E-state index in [0.29, 0.717) is 5.56 Å². The number of benzene rings is 1. The van der Waals surface area contributed by atoms with Crippen LogP contribution in [-0.2, 0) is 16.0 Å². The molecule has 0 bridgehead atoms. The van der Waals surface area contributed by atoms with Gasteiger partial charge in [-0.15, -0.1) is 0 Å². The molecule has 0 radical (unpaired) electrons. The summed E-state index contributed by atoms with van der Waals surface area (Å²) in [4.78, 5) is 23.8. The van der Waals surface area contributed by atoms with Crippen molar-refractivity contribution in [3.63, 3.8) is 0 Å². The highest BCUT2D eigenvalue weighted by Gasteiger charge is 2.44. The van der Waals surface area contributed by atoms with Crippen LogP contribution in [0, 0.1) is 5.41 Å². The van der Waals surface area contributed by atoms with Gasteiger partial charge >= 0.3 is 5.97 Å². The summed E-state index contributed by atoms with van der Waals surface area (Å²) in [6.07, 6.45) is 4.98. The topological polar surface area (TPSA) is 55.4 Å². The molecule has 1 spiro atoms. The molecule has 4 heteroatoms. The molecule has 1 aliphatic carbocycles. The van der Waals surface area contributed by atoms with Gasteiger partial charge in [-0.1, -0.05) is 18.9 Å². The standard InChI is InChI=1S/C15H17NO3/c1-19-13(17)10-4-5-11-9-15(6-2-3-7-15)14(18)16-12(11)8-10/h4-5,8H,2-3,6-7,9H2,1H3,(H,16,18). The fraction of sp³-hybridized carbons (Fsp3) is 0.467. The Morgan fingerprint density at radius 2 is 2.05 bits per heavy atom. The Bertz CT molecular complexity index is 544. The predicted octanol–water partition coefficient (Wildman–Crippen LogP) is 2.53. The van der Waals surface area contributed by atoms with E-state index in [2.05, 4.69) is 5.32 Å². The Kier molecular flexibility index (Phi) is 2.81. The highest BCUT2D eigenvalue weighted by molar-refractivity contribution is 6.00. The minimum atomic E-state index is -0.377. The number of rotatable bonds is 1. The molecular weight excluding hydrogens is 242 g/mol. The molecule has 1 N–H and O–H groups in total. The monoisotopic (exact) mass is 259 g/mol. The Morgan fingerprint density at radius 3 is 2.74 bits per heavy atom. The number of carbonyl (C=O) groups excluding carboxylic acids is 2. The normalized spacial score (nSPS) is 19.9. The first-order valence-corrected chi connectivity index (χ1v) is 6.67. The predicted molar refractivity (Wildman–Crippen MR) is 71.0 cm³/mol. The zero-order chi connectivity index (χ0) is 13.5. The maximum atomic E-state index is 12.3. The molecule has 0 aromatic heterocycles. The molecule has 0 saturated heterocycles. The van der Waals surface area contributed by atoms with Crippen molar-refractivity contribution in [2.75, 3.05) is 12.4 Å². The number of hydrogen-bond acceptors (Lipinski definition) is 3. The van der Waals surface area contributed by atoms with E-state index in [4.69, 9.17) is 4.74 Å². The number of methoxy groups -OCH3 is 1. The van der Waals surface area contributed by atoms with Gasteiger partial charge < -0.3 is 10.1 Å². The lowest BCUT2D eigenvalue weighted by molar-refractivity contribution is -0.125. The Morgan fingerprint density at radius 1 is 1.32 bits per heavy atom. The van der Waals surface area contributed by atoms with E-state index in [9.17, 15) is 9.59 Å². The van der Waals surface area contributed by atoms with Gasteiger partial charge in [0.2, 0.25) is 5.91 Å². The highest BCUT2D eigenvalue weighted by Crippen LogP contribution is 2.45. The largest absolute Gasteiger partial charge is 0.465 e. The molecule has 0 unspecified atom stereocenters. The van der Waals surface area contributed by atoms with Crippen molar-refractivity contribution in [3.05, 3.63) is 29.3 Å². The van der Waals surface area contributed by atoms with Crippen molar-refractivity contribution in [2.45, 2.75) is 32.1 Å². The summed E-state index contributed by atoms with van der Waals surface area (Å²) >= 11 is 0. The number of ether oxygens (including phenoxy) is 1. The molecule has 1 aromatic carbocycles. The van der Waals surface area contributed by atoms with Crippen LogP contribution in [0.4, 0.5) is 5.69 Å². The fourth-order valence-electron chi connectivity index (χ4n) is 3.25. The maximum absolute atomic E-state index is 12.3. The van der Waals surface area contributed by atoms with E-state index in [0.717, 1.165) is 43.4 Å². The van der Waals surface area contributed by atoms with Crippen molar-refractivity contribution in [2.24, 2.45) is 5.41 Å². The summed E-state index contributed by atoms with van der Waals surface area (Å²) in [6.45, 7) is 0. The molecule has 4 nitrogen and oxygen atoms in total. The molecule has 3 rings (SSSR count). The lowest BCUT2D eigenvalue weighted by Crippen LogP contribution is -2.39. The van der Waals surface area contributed by atoms with Gasteiger partial charge in [-0.3, -0.25) is 4.79 Å². The second kappa shape index (κ2) is 4.37. The molecule has 1 heterocycles. The van der Waals surface area contributed by atoms with Crippen LogP contribution >= 0.6 is 0 Å². The average Bonchev–Trinajstić information content (AvgIpc) is 2.88. The average molecular weight is 259 g/mol. The summed E-state index contributed by atoms with van der Waals surface area (Å²) in [6, 6.07) is 5.41. The van der Waals surface area contributed by atoms with Gasteiger partial charge in [-0.2, -0.15) is 0 Å². The first-order valence-electron chi connectivity index (χ1n) is 6.67. The number of amides is 1. The van der Waals surface area contributed by atoms with Crippen LogP contribution in [0.5, 0.6) is 0 Å². The van der Waals surface area contributed by atoms with Crippen molar-refractivity contribution < 1.29 is 14.3 Å². The molecule has 100 valence electrons. The molecule has 1 saturated carbocycles. The van der Waals surface area contributed by atoms with Gasteiger partial charge in [0.25, 0.3) is 0 Å². The van der Waals surface area contributed by atoms with Crippen molar-refractivity contribution >= 4 is 17.6 Å². The molecule has 1 aromatic rings. The van der Waals surface area contributed by atoms with Crippen molar-refractivity contribution in [1.29, 1.82) is 0 Å². The van der Waals surface area contributed by atoms with E-state index in [1.54, 1.807) is 12.1 Å². The van der Waals surface area contributed by atoms with E-state index < -0.39 is 0 Å². The Labute approximate surface area is 112 Å². The number of carbonyl (C=O) groups is 2. The highest BCUT2D eigenvalue weighted by atomic mass is 16.5. The van der Waals surface area contributed by atoms with E-state index in [-0.39, 0.29) is 17.3 Å². The summed E-state index contributed by atoms with van der Waals surface area (Å²) in [5, 5.41) is 2.97. The van der Waals surface area contributed by atoms with Crippen LogP contribution in [0.2, 0.25) is 0 Å². The lowest BCUT2D eigenvalue weighted by Gasteiger charge is -2.33. The van der Waals surface area contributed by atoms with E-state index >= 15 is 0 Å². The lowest BCUT2D eigenvalue weighted by atomic mass is 9.76. The van der Waals surface area contributed by atoms with Gasteiger partial charge in [0.1, 0.15) is 0 Å². The molecular formula is C15H17NO3. The van der Waals surface area contributed by atoms with E-state index in [1.165, 1.54) is 7.11 Å². The number of anilines is 1. The fourth-order valence-corrected chi connectivity index (χ4v) is 3.25. The summed E-state index contributed by atoms with van der Waals surface area (Å²) in [5.74, 6) is -0.266. The van der Waals surface area contributed by atoms with Gasteiger partial charge in [-0.25, -0.2) is 4.79 Å². The third-order valence-corrected chi connectivity index (χ3v) is 4.35. The van der Waals surface area contributed by atoms with Crippen LogP contribution in [0.15, 0.2) is 18.2 Å². The smallest absolute Gasteiger partial charge is 0.337 e. The zero-order valence-corrected chi connectivity index (χ0v) is 11.0. The summed E-state index contributed by atoms with van der Waals surface area (Å²) < 4.78 is 4.70. The van der Waals surface area contributed by atoms with Crippen molar-refractivity contribution in [3.8, 4) is 0 Å². The van der Waals surface area contributed by atoms with E-state index in [1.807, 2.05) is 6.07 Å². The Balaban J connectivity index is 1.95. The number of fused-ring (bicyclic) bond motifs is 1. The second-order valence-electron chi connectivity index (χ2n) is 5.48. The SMILES string of the molecule is COC(=O)c1ccc2c(c1)NC(=O)C1(CCCC1)C2. The van der Waals surface area contributed by atoms with Crippen LogP contribution < -0.4 is 5.32 Å². The molecule has 1 fully saturated rings. The van der Waals surface area contributed by atoms with Crippen LogP contribution in [-0.4, -0.2) is 19.0 Å². The minimum absolute atomic E-state index is 0.111. The quantitative estimate of drug-likeness (QED) is 0.788. The van der Waals surface area contributed by atoms with Gasteiger partial charge in [0, 0.05) is 5.69 Å². The first kappa shape index (κ1) is 12.2. The number of hydrogen-bond donors (Lipinski definition) is 1. The van der Waals surface area contributed by atoms with Gasteiger partial charge in [0.15, 0.2) is 0 Å². The first-order chi connectivity index (χ1) is 9.14. The van der Waals surface area contributed by atoms with Crippen LogP contribution in [0.25, 0.3) is 0 Å².